The fraction of sp³-hybridized carbons (Fsp3) is 0.321. The topological polar surface area (TPSA) is 90.3 Å². The Morgan fingerprint density at radius 3 is 2.46 bits per heavy atom. The molecule has 1 aliphatic rings. The maximum Gasteiger partial charge on any atom is 0.234 e. The number of hydrogen-bond acceptors (Lipinski definition) is 6. The molecule has 180 valence electrons. The Kier molecular flexibility index (Phi) is 8.09. The number of ether oxygens (including phenoxy) is 1. The highest BCUT2D eigenvalue weighted by atomic mass is 16.5. The Labute approximate surface area is 206 Å². The van der Waals surface area contributed by atoms with Gasteiger partial charge in [-0.1, -0.05) is 49.4 Å². The number of aromatic nitrogens is 1. The van der Waals surface area contributed by atoms with Crippen molar-refractivity contribution in [2.75, 3.05) is 43.5 Å². The molecule has 0 bridgehead atoms. The minimum atomic E-state index is -0.358. The van der Waals surface area contributed by atoms with Crippen LogP contribution in [0.25, 0.3) is 0 Å². The van der Waals surface area contributed by atoms with Crippen LogP contribution in [0.4, 0.5) is 11.5 Å². The highest BCUT2D eigenvalue weighted by Crippen LogP contribution is 2.23. The lowest BCUT2D eigenvalue weighted by molar-refractivity contribution is -0.117. The summed E-state index contributed by atoms with van der Waals surface area (Å²) in [5, 5.41) is 15.4. The third-order valence-corrected chi connectivity index (χ3v) is 6.47. The molecule has 1 aromatic heterocycles. The average Bonchev–Trinajstić information content (AvgIpc) is 2.87. The Morgan fingerprint density at radius 2 is 1.83 bits per heavy atom. The number of hydrogen-bond donors (Lipinski definition) is 2. The predicted molar refractivity (Wildman–Crippen MR) is 138 cm³/mol. The summed E-state index contributed by atoms with van der Waals surface area (Å²) in [6.07, 6.45) is 2.06. The highest BCUT2D eigenvalue weighted by molar-refractivity contribution is 5.95. The van der Waals surface area contributed by atoms with E-state index in [0.717, 1.165) is 29.9 Å². The van der Waals surface area contributed by atoms with Gasteiger partial charge in [0, 0.05) is 33.3 Å². The summed E-state index contributed by atoms with van der Waals surface area (Å²) in [7, 11) is 1.73. The first-order chi connectivity index (χ1) is 17.1. The van der Waals surface area contributed by atoms with E-state index in [-0.39, 0.29) is 23.8 Å². The molecule has 0 radical (unpaired) electrons. The van der Waals surface area contributed by atoms with E-state index in [9.17, 15) is 4.79 Å². The number of pyridine rings is 1. The average molecular weight is 470 g/mol. The molecular weight excluding hydrogens is 438 g/mol. The Hall–Kier alpha value is -3.73. The minimum absolute atomic E-state index is 0.0987. The number of nitriles is 1. The number of methoxy groups -OCH3 is 1. The van der Waals surface area contributed by atoms with Gasteiger partial charge in [0.05, 0.1) is 35.5 Å². The maximum absolute atomic E-state index is 13.2. The zero-order valence-corrected chi connectivity index (χ0v) is 20.1. The standard InChI is InChI=1S/C28H31N5O2/c1-20(22-10-8-21(14-29)9-11-22)15-30-17-26(23-6-4-3-5-7-23)28(34)32-27-13-12-24(16-31-27)33-18-25(19-33)35-2/h3-13,16,20,25-26,30H,15,17-19H2,1-2H3,(H,31,32,34)/t20-,26?/m0/s1. The molecule has 35 heavy (non-hydrogen) atoms. The third-order valence-electron chi connectivity index (χ3n) is 6.47. The van der Waals surface area contributed by atoms with Crippen LogP contribution in [-0.2, 0) is 9.53 Å². The second-order valence-corrected chi connectivity index (χ2v) is 8.91. The fourth-order valence-corrected chi connectivity index (χ4v) is 4.15. The SMILES string of the molecule is COC1CN(c2ccc(NC(=O)C(CNC[C@H](C)c3ccc(C#N)cc3)c3ccccc3)nc2)C1. The van der Waals surface area contributed by atoms with Crippen molar-refractivity contribution in [2.24, 2.45) is 0 Å². The highest BCUT2D eigenvalue weighted by Gasteiger charge is 2.27. The summed E-state index contributed by atoms with van der Waals surface area (Å²) in [5.74, 6) is 0.326. The first-order valence-electron chi connectivity index (χ1n) is 11.9. The van der Waals surface area contributed by atoms with Gasteiger partial charge < -0.3 is 20.3 Å². The van der Waals surface area contributed by atoms with Crippen molar-refractivity contribution in [3.05, 3.63) is 89.6 Å². The van der Waals surface area contributed by atoms with E-state index >= 15 is 0 Å². The van der Waals surface area contributed by atoms with Gasteiger partial charge in [0.15, 0.2) is 0 Å². The lowest BCUT2D eigenvalue weighted by Crippen LogP contribution is -2.51. The number of benzene rings is 2. The van der Waals surface area contributed by atoms with Gasteiger partial charge in [0.1, 0.15) is 5.82 Å². The molecule has 3 aromatic rings. The monoisotopic (exact) mass is 469 g/mol. The summed E-state index contributed by atoms with van der Waals surface area (Å²) in [6.45, 7) is 5.05. The quantitative estimate of drug-likeness (QED) is 0.468. The summed E-state index contributed by atoms with van der Waals surface area (Å²) >= 11 is 0. The molecule has 2 aromatic carbocycles. The van der Waals surface area contributed by atoms with Crippen LogP contribution >= 0.6 is 0 Å². The number of carbonyl (C=O) groups excluding carboxylic acids is 1. The van der Waals surface area contributed by atoms with Gasteiger partial charge in [-0.15, -0.1) is 0 Å². The summed E-state index contributed by atoms with van der Waals surface area (Å²) < 4.78 is 5.33. The number of carbonyl (C=O) groups is 1. The second-order valence-electron chi connectivity index (χ2n) is 8.91. The molecule has 0 spiro atoms. The third kappa shape index (κ3) is 6.24. The van der Waals surface area contributed by atoms with Crippen LogP contribution in [0.5, 0.6) is 0 Å². The first-order valence-corrected chi connectivity index (χ1v) is 11.9. The number of rotatable bonds is 10. The van der Waals surface area contributed by atoms with Crippen molar-refractivity contribution < 1.29 is 9.53 Å². The maximum atomic E-state index is 13.2. The van der Waals surface area contributed by atoms with Crippen LogP contribution in [0.3, 0.4) is 0 Å². The summed E-state index contributed by atoms with van der Waals surface area (Å²) in [6, 6.07) is 23.4. The van der Waals surface area contributed by atoms with Gasteiger partial charge in [-0.05, 0) is 41.3 Å². The molecule has 2 heterocycles. The van der Waals surface area contributed by atoms with Gasteiger partial charge in [0.2, 0.25) is 5.91 Å². The zero-order chi connectivity index (χ0) is 24.6. The van der Waals surface area contributed by atoms with Crippen LogP contribution in [0.2, 0.25) is 0 Å². The van der Waals surface area contributed by atoms with E-state index in [1.807, 2.05) is 66.7 Å². The van der Waals surface area contributed by atoms with Crippen molar-refractivity contribution in [3.63, 3.8) is 0 Å². The molecule has 7 heteroatoms. The molecular formula is C28H31N5O2. The Morgan fingerprint density at radius 1 is 1.09 bits per heavy atom. The van der Waals surface area contributed by atoms with Gasteiger partial charge in [-0.3, -0.25) is 4.79 Å². The lowest BCUT2D eigenvalue weighted by atomic mass is 9.96. The minimum Gasteiger partial charge on any atom is -0.378 e. The first kappa shape index (κ1) is 24.4. The van der Waals surface area contributed by atoms with Crippen LogP contribution < -0.4 is 15.5 Å². The largest absolute Gasteiger partial charge is 0.378 e. The lowest BCUT2D eigenvalue weighted by Gasteiger charge is -2.39. The molecule has 1 aliphatic heterocycles. The molecule has 1 saturated heterocycles. The number of anilines is 2. The molecule has 1 amide bonds. The van der Waals surface area contributed by atoms with Gasteiger partial charge in [-0.2, -0.15) is 5.26 Å². The molecule has 1 fully saturated rings. The summed E-state index contributed by atoms with van der Waals surface area (Å²) in [4.78, 5) is 19.9. The van der Waals surface area contributed by atoms with E-state index in [2.05, 4.69) is 33.5 Å². The van der Waals surface area contributed by atoms with Gasteiger partial charge >= 0.3 is 0 Å². The van der Waals surface area contributed by atoms with Crippen molar-refractivity contribution in [1.82, 2.24) is 10.3 Å². The number of nitrogens with one attached hydrogen (secondary N) is 2. The van der Waals surface area contributed by atoms with Crippen molar-refractivity contribution >= 4 is 17.4 Å². The smallest absolute Gasteiger partial charge is 0.234 e. The van der Waals surface area contributed by atoms with Gasteiger partial charge in [-0.25, -0.2) is 4.98 Å². The van der Waals surface area contributed by atoms with Gasteiger partial charge in [0.25, 0.3) is 0 Å². The number of amides is 1. The van der Waals surface area contributed by atoms with E-state index in [1.165, 1.54) is 0 Å². The summed E-state index contributed by atoms with van der Waals surface area (Å²) in [5.41, 5.74) is 3.78. The zero-order valence-electron chi connectivity index (χ0n) is 20.1. The van der Waals surface area contributed by atoms with Crippen LogP contribution in [0.15, 0.2) is 72.9 Å². The van der Waals surface area contributed by atoms with Crippen molar-refractivity contribution in [2.45, 2.75) is 24.9 Å². The Balaban J connectivity index is 1.36. The molecule has 2 N–H and O–H groups in total. The molecule has 0 aliphatic carbocycles. The van der Waals surface area contributed by atoms with Crippen molar-refractivity contribution in [1.29, 1.82) is 5.26 Å². The Bertz CT molecular complexity index is 1140. The van der Waals surface area contributed by atoms with E-state index in [4.69, 9.17) is 10.00 Å². The molecule has 0 saturated carbocycles. The predicted octanol–water partition coefficient (Wildman–Crippen LogP) is 3.90. The molecule has 4 rings (SSSR count). The molecule has 2 atom stereocenters. The van der Waals surface area contributed by atoms with E-state index in [1.54, 1.807) is 13.3 Å². The number of nitrogens with zero attached hydrogens (tertiary/aromatic N) is 3. The van der Waals surface area contributed by atoms with E-state index < -0.39 is 0 Å². The van der Waals surface area contributed by atoms with Crippen LogP contribution in [-0.4, -0.2) is 50.3 Å². The van der Waals surface area contributed by atoms with Crippen LogP contribution in [0.1, 0.15) is 35.4 Å². The van der Waals surface area contributed by atoms with Crippen LogP contribution in [0, 0.1) is 11.3 Å². The second kappa shape index (κ2) is 11.6. The fourth-order valence-electron chi connectivity index (χ4n) is 4.15. The molecule has 7 nitrogen and oxygen atoms in total. The molecule has 1 unspecified atom stereocenters. The van der Waals surface area contributed by atoms with Crippen molar-refractivity contribution in [3.8, 4) is 6.07 Å². The normalized spacial score (nSPS) is 15.1. The van der Waals surface area contributed by atoms with E-state index in [0.29, 0.717) is 24.5 Å².